The van der Waals surface area contributed by atoms with Gasteiger partial charge < -0.3 is 9.64 Å². The quantitative estimate of drug-likeness (QED) is 0.759. The topological polar surface area (TPSA) is 29.5 Å². The summed E-state index contributed by atoms with van der Waals surface area (Å²) in [5, 5.41) is 0. The highest BCUT2D eigenvalue weighted by atomic mass is 79.9. The number of methoxy groups -OCH3 is 1. The first-order valence-electron chi connectivity index (χ1n) is 7.82. The maximum absolute atomic E-state index is 12.7. The minimum atomic E-state index is 0.192. The fourth-order valence-electron chi connectivity index (χ4n) is 2.66. The molecule has 0 unspecified atom stereocenters. The molecule has 1 saturated carbocycles. The number of ether oxygens (including phenoxy) is 1. The smallest absolute Gasteiger partial charge is 0.227 e. The van der Waals surface area contributed by atoms with E-state index in [1.165, 1.54) is 0 Å². The summed E-state index contributed by atoms with van der Waals surface area (Å²) in [6.45, 7) is 0.680. The molecule has 1 fully saturated rings. The second kappa shape index (κ2) is 7.18. The number of rotatable bonds is 6. The van der Waals surface area contributed by atoms with E-state index in [4.69, 9.17) is 4.74 Å². The third-order valence-corrected chi connectivity index (χ3v) is 4.56. The van der Waals surface area contributed by atoms with Crippen LogP contribution in [0.1, 0.15) is 24.0 Å². The minimum Gasteiger partial charge on any atom is -0.497 e. The van der Waals surface area contributed by atoms with Gasteiger partial charge in [0.1, 0.15) is 5.75 Å². The average molecular weight is 374 g/mol. The Kier molecular flexibility index (Phi) is 5.01. The van der Waals surface area contributed by atoms with Crippen molar-refractivity contribution < 1.29 is 9.53 Å². The number of nitrogens with zero attached hydrogens (tertiary/aromatic N) is 1. The number of carbonyl (C=O) groups is 1. The van der Waals surface area contributed by atoms with E-state index in [1.807, 2.05) is 41.3 Å². The first-order valence-corrected chi connectivity index (χ1v) is 8.62. The van der Waals surface area contributed by atoms with Crippen molar-refractivity contribution in [2.24, 2.45) is 0 Å². The molecule has 0 atom stereocenters. The number of amides is 1. The van der Waals surface area contributed by atoms with Crippen LogP contribution in [-0.4, -0.2) is 24.0 Å². The highest BCUT2D eigenvalue weighted by molar-refractivity contribution is 9.10. The van der Waals surface area contributed by atoms with Crippen LogP contribution in [0.4, 0.5) is 0 Å². The van der Waals surface area contributed by atoms with Gasteiger partial charge in [0.05, 0.1) is 13.5 Å². The fourth-order valence-corrected chi connectivity index (χ4v) is 3.11. The molecule has 3 nitrogen and oxygen atoms in total. The molecule has 2 aromatic carbocycles. The molecule has 1 aliphatic rings. The minimum absolute atomic E-state index is 0.192. The normalized spacial score (nSPS) is 13.7. The van der Waals surface area contributed by atoms with Crippen molar-refractivity contribution in [3.63, 3.8) is 0 Å². The zero-order valence-corrected chi connectivity index (χ0v) is 14.8. The van der Waals surface area contributed by atoms with Gasteiger partial charge in [0, 0.05) is 17.1 Å². The van der Waals surface area contributed by atoms with Crippen LogP contribution in [0.2, 0.25) is 0 Å². The number of hydrogen-bond acceptors (Lipinski definition) is 2. The first-order chi connectivity index (χ1) is 11.2. The van der Waals surface area contributed by atoms with Gasteiger partial charge in [-0.1, -0.05) is 40.2 Å². The van der Waals surface area contributed by atoms with E-state index in [0.29, 0.717) is 19.0 Å². The van der Waals surface area contributed by atoms with Gasteiger partial charge in [-0.15, -0.1) is 0 Å². The average Bonchev–Trinajstić information content (AvgIpc) is 3.38. The zero-order chi connectivity index (χ0) is 16.2. The monoisotopic (exact) mass is 373 g/mol. The Morgan fingerprint density at radius 3 is 2.52 bits per heavy atom. The van der Waals surface area contributed by atoms with Crippen LogP contribution < -0.4 is 4.74 Å². The summed E-state index contributed by atoms with van der Waals surface area (Å²) < 4.78 is 6.21. The standard InChI is InChI=1S/C19H20BrNO2/c1-23-18-9-5-14(6-10-18)12-19(22)21(17-7-8-17)13-15-3-2-4-16(20)11-15/h2-6,9-11,17H,7-8,12-13H2,1H3. The van der Waals surface area contributed by atoms with E-state index in [9.17, 15) is 4.79 Å². The molecule has 4 heteroatoms. The van der Waals surface area contributed by atoms with Gasteiger partial charge in [0.2, 0.25) is 5.91 Å². The van der Waals surface area contributed by atoms with Gasteiger partial charge in [-0.2, -0.15) is 0 Å². The number of hydrogen-bond donors (Lipinski definition) is 0. The van der Waals surface area contributed by atoms with Crippen molar-refractivity contribution in [2.75, 3.05) is 7.11 Å². The summed E-state index contributed by atoms with van der Waals surface area (Å²) in [6, 6.07) is 16.3. The van der Waals surface area contributed by atoms with Crippen molar-refractivity contribution in [3.05, 3.63) is 64.1 Å². The van der Waals surface area contributed by atoms with E-state index in [-0.39, 0.29) is 5.91 Å². The highest BCUT2D eigenvalue weighted by Gasteiger charge is 2.32. The van der Waals surface area contributed by atoms with Crippen LogP contribution >= 0.6 is 15.9 Å². The van der Waals surface area contributed by atoms with Crippen LogP contribution in [0.5, 0.6) is 5.75 Å². The maximum atomic E-state index is 12.7. The predicted molar refractivity (Wildman–Crippen MR) is 94.4 cm³/mol. The lowest BCUT2D eigenvalue weighted by atomic mass is 10.1. The third-order valence-electron chi connectivity index (χ3n) is 4.06. The molecule has 120 valence electrons. The van der Waals surface area contributed by atoms with Crippen LogP contribution in [0.3, 0.4) is 0 Å². The van der Waals surface area contributed by atoms with Crippen molar-refractivity contribution >= 4 is 21.8 Å². The number of carbonyl (C=O) groups excluding carboxylic acids is 1. The molecule has 0 heterocycles. The molecular formula is C19H20BrNO2. The Morgan fingerprint density at radius 2 is 1.91 bits per heavy atom. The Hall–Kier alpha value is -1.81. The second-order valence-corrected chi connectivity index (χ2v) is 6.82. The van der Waals surface area contributed by atoms with Crippen molar-refractivity contribution in [2.45, 2.75) is 31.8 Å². The molecule has 0 aliphatic heterocycles. The maximum Gasteiger partial charge on any atom is 0.227 e. The highest BCUT2D eigenvalue weighted by Crippen LogP contribution is 2.29. The van der Waals surface area contributed by atoms with Gasteiger partial charge in [-0.3, -0.25) is 4.79 Å². The summed E-state index contributed by atoms with van der Waals surface area (Å²) in [6.07, 6.45) is 2.67. The van der Waals surface area contributed by atoms with Crippen LogP contribution in [0.25, 0.3) is 0 Å². The van der Waals surface area contributed by atoms with E-state index in [1.54, 1.807) is 7.11 Å². The molecule has 1 aliphatic carbocycles. The summed E-state index contributed by atoms with van der Waals surface area (Å²) >= 11 is 3.49. The van der Waals surface area contributed by atoms with Crippen molar-refractivity contribution in [1.29, 1.82) is 0 Å². The zero-order valence-electron chi connectivity index (χ0n) is 13.2. The van der Waals surface area contributed by atoms with Crippen molar-refractivity contribution in [1.82, 2.24) is 4.90 Å². The van der Waals surface area contributed by atoms with E-state index in [0.717, 1.165) is 34.2 Å². The summed E-state index contributed by atoms with van der Waals surface area (Å²) in [4.78, 5) is 14.7. The van der Waals surface area contributed by atoms with Gasteiger partial charge in [0.25, 0.3) is 0 Å². The Morgan fingerprint density at radius 1 is 1.17 bits per heavy atom. The number of halogens is 1. The number of benzene rings is 2. The largest absolute Gasteiger partial charge is 0.497 e. The van der Waals surface area contributed by atoms with E-state index >= 15 is 0 Å². The van der Waals surface area contributed by atoms with Crippen LogP contribution in [0.15, 0.2) is 53.0 Å². The van der Waals surface area contributed by atoms with Crippen LogP contribution in [-0.2, 0) is 17.8 Å². The van der Waals surface area contributed by atoms with Crippen LogP contribution in [0, 0.1) is 0 Å². The third kappa shape index (κ3) is 4.35. The Balaban J connectivity index is 1.68. The Labute approximate surface area is 145 Å². The SMILES string of the molecule is COc1ccc(CC(=O)N(Cc2cccc(Br)c2)C2CC2)cc1. The Bertz CT molecular complexity index is 680. The molecular weight excluding hydrogens is 354 g/mol. The molecule has 3 rings (SSSR count). The van der Waals surface area contributed by atoms with Gasteiger partial charge in [0.15, 0.2) is 0 Å². The molecule has 0 aromatic heterocycles. The molecule has 0 spiro atoms. The second-order valence-electron chi connectivity index (χ2n) is 5.91. The van der Waals surface area contributed by atoms with Gasteiger partial charge in [-0.05, 0) is 48.2 Å². The first kappa shape index (κ1) is 16.1. The lowest BCUT2D eigenvalue weighted by Crippen LogP contribution is -2.33. The lowest BCUT2D eigenvalue weighted by molar-refractivity contribution is -0.131. The molecule has 0 N–H and O–H groups in total. The van der Waals surface area contributed by atoms with Crippen molar-refractivity contribution in [3.8, 4) is 5.75 Å². The van der Waals surface area contributed by atoms with Gasteiger partial charge >= 0.3 is 0 Å². The summed E-state index contributed by atoms with van der Waals surface area (Å²) in [7, 11) is 1.65. The molecule has 2 aromatic rings. The molecule has 23 heavy (non-hydrogen) atoms. The predicted octanol–water partition coefficient (Wildman–Crippen LogP) is 4.19. The molecule has 0 bridgehead atoms. The van der Waals surface area contributed by atoms with E-state index < -0.39 is 0 Å². The summed E-state index contributed by atoms with van der Waals surface area (Å²) in [5.41, 5.74) is 2.19. The van der Waals surface area contributed by atoms with Gasteiger partial charge in [-0.25, -0.2) is 0 Å². The lowest BCUT2D eigenvalue weighted by Gasteiger charge is -2.23. The summed E-state index contributed by atoms with van der Waals surface area (Å²) in [5.74, 6) is 1.01. The fraction of sp³-hybridized carbons (Fsp3) is 0.316. The molecule has 0 saturated heterocycles. The molecule has 0 radical (unpaired) electrons. The van der Waals surface area contributed by atoms with E-state index in [2.05, 4.69) is 28.1 Å². The molecule has 1 amide bonds.